The highest BCUT2D eigenvalue weighted by Crippen LogP contribution is 2.20. The van der Waals surface area contributed by atoms with Crippen LogP contribution in [0.15, 0.2) is 47.1 Å². The second-order valence-electron chi connectivity index (χ2n) is 4.31. The molecule has 0 radical (unpaired) electrons. The lowest BCUT2D eigenvalue weighted by Gasteiger charge is -2.11. The monoisotopic (exact) mass is 325 g/mol. The van der Waals surface area contributed by atoms with E-state index in [0.717, 1.165) is 0 Å². The largest absolute Gasteiger partial charge is 0.459 e. The summed E-state index contributed by atoms with van der Waals surface area (Å²) in [7, 11) is 0. The van der Waals surface area contributed by atoms with Crippen molar-refractivity contribution in [3.8, 4) is 5.75 Å². The van der Waals surface area contributed by atoms with E-state index in [0.29, 0.717) is 5.56 Å². The van der Waals surface area contributed by atoms with E-state index in [4.69, 9.17) is 9.15 Å². The predicted molar refractivity (Wildman–Crippen MR) is 73.9 cm³/mol. The molecule has 2 aromatic rings. The Balaban J connectivity index is 1.81. The number of para-hydroxylation sites is 1. The Morgan fingerprint density at radius 2 is 1.96 bits per heavy atom. The average molecular weight is 325 g/mol. The summed E-state index contributed by atoms with van der Waals surface area (Å²) < 4.78 is 38.6. The molecule has 0 unspecified atom stereocenters. The third kappa shape index (κ3) is 5.10. The fraction of sp³-hybridized carbons (Fsp3) is 0.200. The van der Waals surface area contributed by atoms with Gasteiger partial charge in [0.25, 0.3) is 5.91 Å². The Morgan fingerprint density at radius 1 is 1.17 bits per heavy atom. The summed E-state index contributed by atoms with van der Waals surface area (Å²) >= 11 is 0. The molecule has 2 rings (SSSR count). The highest BCUT2D eigenvalue weighted by Gasteiger charge is 2.13. The van der Waals surface area contributed by atoms with E-state index in [9.17, 15) is 18.4 Å². The SMILES string of the molecule is O=C(CNC(=O)c1ccco1)OCc1ccccc1OC(F)F. The van der Waals surface area contributed by atoms with Crippen LogP contribution in [0.2, 0.25) is 0 Å². The number of benzene rings is 1. The molecule has 8 heteroatoms. The Labute approximate surface area is 130 Å². The second kappa shape index (κ2) is 7.92. The van der Waals surface area contributed by atoms with Gasteiger partial charge in [-0.1, -0.05) is 18.2 Å². The Bertz CT molecular complexity index is 658. The van der Waals surface area contributed by atoms with Gasteiger partial charge < -0.3 is 19.2 Å². The van der Waals surface area contributed by atoms with E-state index >= 15 is 0 Å². The molecule has 1 N–H and O–H groups in total. The molecule has 6 nitrogen and oxygen atoms in total. The zero-order valence-corrected chi connectivity index (χ0v) is 11.8. The van der Waals surface area contributed by atoms with Crippen molar-refractivity contribution < 1.29 is 32.3 Å². The van der Waals surface area contributed by atoms with Gasteiger partial charge in [0.1, 0.15) is 18.9 Å². The van der Waals surface area contributed by atoms with Gasteiger partial charge in [0.15, 0.2) is 5.76 Å². The number of nitrogens with one attached hydrogen (secondary N) is 1. The van der Waals surface area contributed by atoms with Crippen LogP contribution in [0, 0.1) is 0 Å². The maximum atomic E-state index is 12.3. The van der Waals surface area contributed by atoms with Crippen LogP contribution < -0.4 is 10.1 Å². The van der Waals surface area contributed by atoms with Gasteiger partial charge >= 0.3 is 12.6 Å². The van der Waals surface area contributed by atoms with Crippen molar-refractivity contribution in [2.45, 2.75) is 13.2 Å². The molecule has 0 saturated heterocycles. The molecule has 1 heterocycles. The normalized spacial score (nSPS) is 10.4. The first-order valence-electron chi connectivity index (χ1n) is 6.56. The smallest absolute Gasteiger partial charge is 0.387 e. The van der Waals surface area contributed by atoms with Crippen molar-refractivity contribution in [2.24, 2.45) is 0 Å². The highest BCUT2D eigenvalue weighted by atomic mass is 19.3. The zero-order chi connectivity index (χ0) is 16.7. The summed E-state index contributed by atoms with van der Waals surface area (Å²) in [5.74, 6) is -1.30. The van der Waals surface area contributed by atoms with Crippen LogP contribution >= 0.6 is 0 Å². The maximum absolute atomic E-state index is 12.3. The van der Waals surface area contributed by atoms with E-state index in [1.807, 2.05) is 0 Å². The molecular formula is C15H13F2NO5. The van der Waals surface area contributed by atoms with E-state index in [1.54, 1.807) is 6.07 Å². The number of furan rings is 1. The van der Waals surface area contributed by atoms with Crippen molar-refractivity contribution >= 4 is 11.9 Å². The zero-order valence-electron chi connectivity index (χ0n) is 11.8. The van der Waals surface area contributed by atoms with Crippen molar-refractivity contribution in [2.75, 3.05) is 6.54 Å². The third-order valence-electron chi connectivity index (χ3n) is 2.72. The number of carbonyl (C=O) groups is 2. The fourth-order valence-corrected chi connectivity index (χ4v) is 1.69. The molecule has 1 aromatic carbocycles. The summed E-state index contributed by atoms with van der Waals surface area (Å²) in [4.78, 5) is 23.1. The van der Waals surface area contributed by atoms with Crippen LogP contribution in [0.25, 0.3) is 0 Å². The van der Waals surface area contributed by atoms with E-state index in [-0.39, 0.29) is 24.7 Å². The summed E-state index contributed by atoms with van der Waals surface area (Å²) in [5, 5.41) is 2.31. The van der Waals surface area contributed by atoms with Crippen LogP contribution in [-0.4, -0.2) is 25.0 Å². The first kappa shape index (κ1) is 16.5. The van der Waals surface area contributed by atoms with E-state index in [2.05, 4.69) is 10.1 Å². The number of hydrogen-bond donors (Lipinski definition) is 1. The predicted octanol–water partition coefficient (Wildman–Crippen LogP) is 2.35. The number of ether oxygens (including phenoxy) is 2. The van der Waals surface area contributed by atoms with Crippen LogP contribution in [0.5, 0.6) is 5.75 Å². The Kier molecular flexibility index (Phi) is 5.67. The number of hydrogen-bond acceptors (Lipinski definition) is 5. The summed E-state index contributed by atoms with van der Waals surface area (Å²) in [6, 6.07) is 8.93. The highest BCUT2D eigenvalue weighted by molar-refractivity contribution is 5.93. The van der Waals surface area contributed by atoms with Crippen molar-refractivity contribution in [1.82, 2.24) is 5.32 Å². The number of halogens is 2. The van der Waals surface area contributed by atoms with Crippen LogP contribution in [0.4, 0.5) is 8.78 Å². The number of rotatable bonds is 7. The van der Waals surface area contributed by atoms with E-state index < -0.39 is 18.5 Å². The lowest BCUT2D eigenvalue weighted by atomic mass is 10.2. The lowest BCUT2D eigenvalue weighted by Crippen LogP contribution is -2.30. The topological polar surface area (TPSA) is 77.8 Å². The maximum Gasteiger partial charge on any atom is 0.387 e. The Morgan fingerprint density at radius 3 is 2.65 bits per heavy atom. The van der Waals surface area contributed by atoms with Crippen LogP contribution in [0.3, 0.4) is 0 Å². The van der Waals surface area contributed by atoms with Gasteiger partial charge in [0.05, 0.1) is 6.26 Å². The molecule has 0 atom stereocenters. The second-order valence-corrected chi connectivity index (χ2v) is 4.31. The summed E-state index contributed by atoms with van der Waals surface area (Å²) in [6.07, 6.45) is 1.33. The molecule has 23 heavy (non-hydrogen) atoms. The first-order valence-corrected chi connectivity index (χ1v) is 6.56. The molecular weight excluding hydrogens is 312 g/mol. The molecule has 0 aliphatic heterocycles. The third-order valence-corrected chi connectivity index (χ3v) is 2.72. The molecule has 0 bridgehead atoms. The van der Waals surface area contributed by atoms with Gasteiger partial charge in [0.2, 0.25) is 0 Å². The van der Waals surface area contributed by atoms with Crippen LogP contribution in [-0.2, 0) is 16.1 Å². The van der Waals surface area contributed by atoms with Gasteiger partial charge in [0, 0.05) is 5.56 Å². The van der Waals surface area contributed by atoms with Crippen molar-refractivity contribution in [3.05, 3.63) is 54.0 Å². The molecule has 122 valence electrons. The molecule has 0 aliphatic rings. The standard InChI is InChI=1S/C15H13F2NO5/c16-15(17)23-11-5-2-1-4-10(11)9-22-13(19)8-18-14(20)12-6-3-7-21-12/h1-7,15H,8-9H2,(H,18,20). The first-order chi connectivity index (χ1) is 11.1. The summed E-state index contributed by atoms with van der Waals surface area (Å²) in [5.41, 5.74) is 0.290. The lowest BCUT2D eigenvalue weighted by molar-refractivity contribution is -0.143. The molecule has 0 fully saturated rings. The van der Waals surface area contributed by atoms with Gasteiger partial charge in [-0.25, -0.2) is 0 Å². The molecule has 0 aliphatic carbocycles. The molecule has 1 amide bonds. The van der Waals surface area contributed by atoms with E-state index in [1.165, 1.54) is 36.6 Å². The van der Waals surface area contributed by atoms with Crippen molar-refractivity contribution in [3.63, 3.8) is 0 Å². The minimum absolute atomic E-state index is 0.0634. The number of esters is 1. The Hall–Kier alpha value is -2.90. The van der Waals surface area contributed by atoms with Crippen LogP contribution in [0.1, 0.15) is 16.1 Å². The van der Waals surface area contributed by atoms with Gasteiger partial charge in [-0.15, -0.1) is 0 Å². The number of alkyl halides is 2. The minimum atomic E-state index is -2.97. The average Bonchev–Trinajstić information content (AvgIpc) is 3.05. The quantitative estimate of drug-likeness (QED) is 0.791. The summed E-state index contributed by atoms with van der Waals surface area (Å²) in [6.45, 7) is -3.60. The fourth-order valence-electron chi connectivity index (χ4n) is 1.69. The molecule has 0 saturated carbocycles. The minimum Gasteiger partial charge on any atom is -0.459 e. The van der Waals surface area contributed by atoms with Gasteiger partial charge in [-0.3, -0.25) is 9.59 Å². The number of amides is 1. The van der Waals surface area contributed by atoms with Gasteiger partial charge in [-0.2, -0.15) is 8.78 Å². The number of carbonyl (C=O) groups excluding carboxylic acids is 2. The van der Waals surface area contributed by atoms with Crippen molar-refractivity contribution in [1.29, 1.82) is 0 Å². The van der Waals surface area contributed by atoms with Gasteiger partial charge in [-0.05, 0) is 18.2 Å². The molecule has 1 aromatic heterocycles. The molecule has 0 spiro atoms.